The van der Waals surface area contributed by atoms with E-state index in [0.29, 0.717) is 0 Å². The molecule has 1 heterocycles. The van der Waals surface area contributed by atoms with Gasteiger partial charge in [-0.2, -0.15) is 13.2 Å². The third kappa shape index (κ3) is 3.92. The van der Waals surface area contributed by atoms with Crippen molar-refractivity contribution in [1.29, 1.82) is 0 Å². The van der Waals surface area contributed by atoms with Crippen LogP contribution in [-0.2, 0) is 11.0 Å². The summed E-state index contributed by atoms with van der Waals surface area (Å²) in [6.07, 6.45) is -5.04. The molecule has 0 aliphatic rings. The fourth-order valence-corrected chi connectivity index (χ4v) is 2.08. The molecule has 4 N–H and O–H groups in total. The lowest BCUT2D eigenvalue weighted by molar-refractivity contribution is -0.141. The van der Waals surface area contributed by atoms with Crippen LogP contribution in [0.2, 0.25) is 0 Å². The molecule has 5 nitrogen and oxygen atoms in total. The largest absolute Gasteiger partial charge is 0.432 e. The summed E-state index contributed by atoms with van der Waals surface area (Å²) in [6.45, 7) is -0.203. The molecule has 24 heavy (non-hydrogen) atoms. The van der Waals surface area contributed by atoms with Crippen LogP contribution in [0.3, 0.4) is 0 Å². The van der Waals surface area contributed by atoms with Crippen LogP contribution in [0.5, 0.6) is 0 Å². The summed E-state index contributed by atoms with van der Waals surface area (Å²) in [6, 6.07) is 6.15. The fourth-order valence-electron chi connectivity index (χ4n) is 2.08. The van der Waals surface area contributed by atoms with Crippen LogP contribution in [0.1, 0.15) is 22.5 Å². The van der Waals surface area contributed by atoms with Crippen molar-refractivity contribution >= 4 is 11.8 Å². The molecule has 1 aromatic carbocycles. The molecule has 9 heteroatoms. The van der Waals surface area contributed by atoms with Crippen molar-refractivity contribution in [2.24, 2.45) is 5.73 Å². The number of carbonyl (C=O) groups is 2. The van der Waals surface area contributed by atoms with Gasteiger partial charge in [0.05, 0.1) is 5.56 Å². The third-order valence-electron chi connectivity index (χ3n) is 3.17. The lowest BCUT2D eigenvalue weighted by Crippen LogP contribution is -2.29. The Balaban J connectivity index is 2.38. The van der Waals surface area contributed by atoms with E-state index >= 15 is 0 Å². The number of carbonyl (C=O) groups excluding carboxylic acids is 2. The second kappa shape index (κ2) is 6.73. The van der Waals surface area contributed by atoms with Gasteiger partial charge >= 0.3 is 6.18 Å². The van der Waals surface area contributed by atoms with Crippen molar-refractivity contribution in [3.05, 3.63) is 47.4 Å². The number of H-pyrrole nitrogens is 1. The monoisotopic (exact) mass is 343 g/mol. The van der Waals surface area contributed by atoms with E-state index in [9.17, 15) is 27.2 Å². The van der Waals surface area contributed by atoms with E-state index in [0.717, 1.165) is 12.1 Å². The SMILES string of the molecule is NC(=O)CCNC(=O)c1cc(-c2ccccc2F)[nH]c1C(F)(F)F. The minimum atomic E-state index is -4.83. The summed E-state index contributed by atoms with van der Waals surface area (Å²) in [5.74, 6) is -2.47. The summed E-state index contributed by atoms with van der Waals surface area (Å²) in [5, 5.41) is 2.17. The average molecular weight is 343 g/mol. The van der Waals surface area contributed by atoms with Crippen molar-refractivity contribution in [3.8, 4) is 11.3 Å². The second-order valence-corrected chi connectivity index (χ2v) is 4.92. The lowest BCUT2D eigenvalue weighted by atomic mass is 10.1. The normalized spacial score (nSPS) is 11.3. The summed E-state index contributed by atoms with van der Waals surface area (Å²) in [7, 11) is 0. The highest BCUT2D eigenvalue weighted by atomic mass is 19.4. The molecule has 0 unspecified atom stereocenters. The van der Waals surface area contributed by atoms with Crippen molar-refractivity contribution in [2.75, 3.05) is 6.54 Å². The van der Waals surface area contributed by atoms with E-state index < -0.39 is 35.1 Å². The first kappa shape index (κ1) is 17.5. The van der Waals surface area contributed by atoms with Crippen LogP contribution in [-0.4, -0.2) is 23.3 Å². The van der Waals surface area contributed by atoms with Crippen LogP contribution < -0.4 is 11.1 Å². The molecule has 0 saturated carbocycles. The molecule has 0 bridgehead atoms. The minimum absolute atomic E-state index is 0.0980. The lowest BCUT2D eigenvalue weighted by Gasteiger charge is -2.08. The van der Waals surface area contributed by atoms with E-state index in [1.807, 2.05) is 4.98 Å². The Kier molecular flexibility index (Phi) is 4.91. The summed E-state index contributed by atoms with van der Waals surface area (Å²) in [5.41, 5.74) is 2.63. The standard InChI is InChI=1S/C15H13F4N3O2/c16-10-4-2-1-3-8(10)11-7-9(13(22-11)15(17,18)19)14(24)21-6-5-12(20)23/h1-4,7,22H,5-6H2,(H2,20,23)(H,21,24). The molecule has 1 aromatic heterocycles. The van der Waals surface area contributed by atoms with Gasteiger partial charge in [-0.15, -0.1) is 0 Å². The zero-order valence-corrected chi connectivity index (χ0v) is 12.2. The third-order valence-corrected chi connectivity index (χ3v) is 3.17. The van der Waals surface area contributed by atoms with Gasteiger partial charge in [0.2, 0.25) is 5.91 Å². The number of nitrogens with one attached hydrogen (secondary N) is 2. The Morgan fingerprint density at radius 3 is 2.46 bits per heavy atom. The van der Waals surface area contributed by atoms with Crippen LogP contribution in [0.15, 0.2) is 30.3 Å². The fraction of sp³-hybridized carbons (Fsp3) is 0.200. The number of nitrogens with two attached hydrogens (primary N) is 1. The highest BCUT2D eigenvalue weighted by molar-refractivity contribution is 5.97. The smallest absolute Gasteiger partial charge is 0.370 e. The van der Waals surface area contributed by atoms with Crippen LogP contribution >= 0.6 is 0 Å². The van der Waals surface area contributed by atoms with Crippen LogP contribution in [0.25, 0.3) is 11.3 Å². The molecule has 2 aromatic rings. The summed E-state index contributed by atoms with van der Waals surface area (Å²) >= 11 is 0. The molecule has 128 valence electrons. The molecule has 2 amide bonds. The average Bonchev–Trinajstić information content (AvgIpc) is 2.92. The van der Waals surface area contributed by atoms with E-state index in [1.54, 1.807) is 0 Å². The number of hydrogen-bond acceptors (Lipinski definition) is 2. The molecular weight excluding hydrogens is 330 g/mol. The number of halogens is 4. The van der Waals surface area contributed by atoms with E-state index in [1.165, 1.54) is 18.2 Å². The van der Waals surface area contributed by atoms with Crippen molar-refractivity contribution < 1.29 is 27.2 Å². The summed E-state index contributed by atoms with van der Waals surface area (Å²) < 4.78 is 53.1. The molecular formula is C15H13F4N3O2. The van der Waals surface area contributed by atoms with Gasteiger partial charge < -0.3 is 16.0 Å². The zero-order valence-electron chi connectivity index (χ0n) is 12.2. The quantitative estimate of drug-likeness (QED) is 0.728. The number of hydrogen-bond donors (Lipinski definition) is 3. The van der Waals surface area contributed by atoms with Gasteiger partial charge in [0.1, 0.15) is 11.5 Å². The zero-order chi connectivity index (χ0) is 17.9. The number of amides is 2. The van der Waals surface area contributed by atoms with Gasteiger partial charge in [0.25, 0.3) is 5.91 Å². The molecule has 0 aliphatic carbocycles. The topological polar surface area (TPSA) is 88.0 Å². The van der Waals surface area contributed by atoms with E-state index in [2.05, 4.69) is 5.32 Å². The second-order valence-electron chi connectivity index (χ2n) is 4.92. The van der Waals surface area contributed by atoms with E-state index in [4.69, 9.17) is 5.73 Å². The number of benzene rings is 1. The van der Waals surface area contributed by atoms with Crippen molar-refractivity contribution in [3.63, 3.8) is 0 Å². The molecule has 0 aliphatic heterocycles. The molecule has 0 spiro atoms. The maximum Gasteiger partial charge on any atom is 0.432 e. The predicted octanol–water partition coefficient (Wildman–Crippen LogP) is 2.44. The highest BCUT2D eigenvalue weighted by Crippen LogP contribution is 2.34. The number of aromatic amines is 1. The maximum atomic E-state index is 13.8. The van der Waals surface area contributed by atoms with Gasteiger partial charge in [-0.05, 0) is 18.2 Å². The Morgan fingerprint density at radius 2 is 1.88 bits per heavy atom. The predicted molar refractivity (Wildman–Crippen MR) is 77.3 cm³/mol. The molecule has 0 atom stereocenters. The number of primary amides is 1. The Labute approximate surface area is 133 Å². The number of aromatic nitrogens is 1. The molecule has 0 saturated heterocycles. The van der Waals surface area contributed by atoms with Crippen molar-refractivity contribution in [1.82, 2.24) is 10.3 Å². The first-order valence-corrected chi connectivity index (χ1v) is 6.81. The highest BCUT2D eigenvalue weighted by Gasteiger charge is 2.38. The molecule has 0 fully saturated rings. The number of rotatable bonds is 5. The van der Waals surface area contributed by atoms with Gasteiger partial charge in [-0.1, -0.05) is 12.1 Å². The first-order chi connectivity index (χ1) is 11.2. The molecule has 2 rings (SSSR count). The van der Waals surface area contributed by atoms with Gasteiger partial charge in [-0.25, -0.2) is 4.39 Å². The first-order valence-electron chi connectivity index (χ1n) is 6.81. The van der Waals surface area contributed by atoms with Gasteiger partial charge in [0, 0.05) is 24.2 Å². The Bertz CT molecular complexity index is 768. The van der Waals surface area contributed by atoms with Crippen LogP contribution in [0, 0.1) is 5.82 Å². The van der Waals surface area contributed by atoms with Gasteiger partial charge in [0.15, 0.2) is 0 Å². The van der Waals surface area contributed by atoms with E-state index in [-0.39, 0.29) is 24.2 Å². The summed E-state index contributed by atoms with van der Waals surface area (Å²) in [4.78, 5) is 24.6. The number of alkyl halides is 3. The Hall–Kier alpha value is -2.84. The van der Waals surface area contributed by atoms with Crippen molar-refractivity contribution in [2.45, 2.75) is 12.6 Å². The Morgan fingerprint density at radius 1 is 1.21 bits per heavy atom. The minimum Gasteiger partial charge on any atom is -0.370 e. The van der Waals surface area contributed by atoms with Gasteiger partial charge in [-0.3, -0.25) is 9.59 Å². The molecule has 0 radical (unpaired) electrons. The van der Waals surface area contributed by atoms with Crippen LogP contribution in [0.4, 0.5) is 17.6 Å². The maximum absolute atomic E-state index is 13.8.